The first-order chi connectivity index (χ1) is 14.2. The number of amides is 2. The molecule has 1 fully saturated rings. The number of aromatic nitrogens is 2. The summed E-state index contributed by atoms with van der Waals surface area (Å²) < 4.78 is 1.76. The number of carbonyl (C=O) groups is 2. The van der Waals surface area contributed by atoms with Crippen LogP contribution in [0.2, 0.25) is 0 Å². The maximum atomic E-state index is 12.4. The maximum Gasteiger partial charge on any atom is 0.253 e. The normalized spacial score (nSPS) is 13.7. The van der Waals surface area contributed by atoms with Crippen LogP contribution in [0.5, 0.6) is 0 Å². The summed E-state index contributed by atoms with van der Waals surface area (Å²) in [5.41, 5.74) is 3.09. The van der Waals surface area contributed by atoms with Gasteiger partial charge in [-0.2, -0.15) is 5.10 Å². The zero-order valence-corrected chi connectivity index (χ0v) is 16.0. The van der Waals surface area contributed by atoms with Crippen LogP contribution in [-0.2, 0) is 4.79 Å². The van der Waals surface area contributed by atoms with Gasteiger partial charge in [0.25, 0.3) is 5.91 Å². The van der Waals surface area contributed by atoms with Gasteiger partial charge in [0, 0.05) is 42.2 Å². The quantitative estimate of drug-likeness (QED) is 0.679. The van der Waals surface area contributed by atoms with Gasteiger partial charge in [-0.15, -0.1) is 0 Å². The summed E-state index contributed by atoms with van der Waals surface area (Å²) in [6, 6.07) is 16.8. The third-order valence-electron chi connectivity index (χ3n) is 4.84. The van der Waals surface area contributed by atoms with Gasteiger partial charge in [0.2, 0.25) is 5.91 Å². The molecule has 0 bridgehead atoms. The summed E-state index contributed by atoms with van der Waals surface area (Å²) in [6.07, 6.45) is 8.88. The average Bonchev–Trinajstić information content (AvgIpc) is 3.45. The Bertz CT molecular complexity index is 1020. The van der Waals surface area contributed by atoms with E-state index in [-0.39, 0.29) is 11.8 Å². The molecule has 6 nitrogen and oxygen atoms in total. The first-order valence-corrected chi connectivity index (χ1v) is 9.67. The van der Waals surface area contributed by atoms with Crippen molar-refractivity contribution in [1.82, 2.24) is 14.7 Å². The number of likely N-dealkylation sites (tertiary alicyclic amines) is 1. The van der Waals surface area contributed by atoms with Crippen molar-refractivity contribution in [3.63, 3.8) is 0 Å². The number of para-hydroxylation sites is 1. The van der Waals surface area contributed by atoms with Gasteiger partial charge in [-0.3, -0.25) is 9.59 Å². The van der Waals surface area contributed by atoms with E-state index in [4.69, 9.17) is 0 Å². The van der Waals surface area contributed by atoms with Crippen LogP contribution in [0.1, 0.15) is 28.8 Å². The molecular formula is C23H22N4O2. The molecule has 0 aliphatic carbocycles. The van der Waals surface area contributed by atoms with Crippen molar-refractivity contribution in [3.8, 4) is 5.69 Å². The SMILES string of the molecule is O=C(/C=C/c1cnn(-c2ccccc2)c1)Nc1ccc(C(=O)N2CCCC2)cc1. The van der Waals surface area contributed by atoms with Crippen molar-refractivity contribution in [2.24, 2.45) is 0 Å². The Morgan fingerprint density at radius 2 is 1.69 bits per heavy atom. The molecule has 1 aliphatic heterocycles. The summed E-state index contributed by atoms with van der Waals surface area (Å²) in [4.78, 5) is 26.4. The number of anilines is 1. The second-order valence-corrected chi connectivity index (χ2v) is 6.95. The van der Waals surface area contributed by atoms with Crippen LogP contribution in [0.25, 0.3) is 11.8 Å². The predicted molar refractivity (Wildman–Crippen MR) is 113 cm³/mol. The number of carbonyl (C=O) groups excluding carboxylic acids is 2. The predicted octanol–water partition coefficient (Wildman–Crippen LogP) is 3.76. The molecule has 4 rings (SSSR count). The van der Waals surface area contributed by atoms with Gasteiger partial charge in [0.1, 0.15) is 0 Å². The molecule has 0 atom stereocenters. The number of hydrogen-bond donors (Lipinski definition) is 1. The van der Waals surface area contributed by atoms with Gasteiger partial charge < -0.3 is 10.2 Å². The third-order valence-corrected chi connectivity index (χ3v) is 4.84. The molecule has 2 aromatic carbocycles. The second-order valence-electron chi connectivity index (χ2n) is 6.95. The number of benzene rings is 2. The summed E-state index contributed by atoms with van der Waals surface area (Å²) >= 11 is 0. The Labute approximate surface area is 169 Å². The Balaban J connectivity index is 1.35. The maximum absolute atomic E-state index is 12.4. The van der Waals surface area contributed by atoms with Crippen LogP contribution in [0, 0.1) is 0 Å². The molecule has 6 heteroatoms. The van der Waals surface area contributed by atoms with E-state index in [1.54, 1.807) is 41.2 Å². The molecule has 0 spiro atoms. The minimum absolute atomic E-state index is 0.0516. The second kappa shape index (κ2) is 8.56. The third kappa shape index (κ3) is 4.60. The Morgan fingerprint density at radius 3 is 2.41 bits per heavy atom. The van der Waals surface area contributed by atoms with Crippen LogP contribution in [0.3, 0.4) is 0 Å². The van der Waals surface area contributed by atoms with Gasteiger partial charge in [-0.1, -0.05) is 18.2 Å². The number of rotatable bonds is 5. The number of nitrogens with zero attached hydrogens (tertiary/aromatic N) is 3. The Hall–Kier alpha value is -3.67. The lowest BCUT2D eigenvalue weighted by Crippen LogP contribution is -2.27. The fraction of sp³-hybridized carbons (Fsp3) is 0.174. The monoisotopic (exact) mass is 386 g/mol. The van der Waals surface area contributed by atoms with Crippen LogP contribution >= 0.6 is 0 Å². The number of nitrogens with one attached hydrogen (secondary N) is 1. The van der Waals surface area contributed by atoms with E-state index in [1.807, 2.05) is 41.4 Å². The van der Waals surface area contributed by atoms with Crippen molar-refractivity contribution in [3.05, 3.63) is 84.2 Å². The van der Waals surface area contributed by atoms with Crippen LogP contribution in [0.15, 0.2) is 73.1 Å². The van der Waals surface area contributed by atoms with Crippen LogP contribution < -0.4 is 5.32 Å². The molecule has 2 amide bonds. The highest BCUT2D eigenvalue weighted by molar-refractivity contribution is 6.02. The van der Waals surface area contributed by atoms with E-state index in [2.05, 4.69) is 10.4 Å². The lowest BCUT2D eigenvalue weighted by Gasteiger charge is -2.15. The summed E-state index contributed by atoms with van der Waals surface area (Å²) in [5.74, 6) is -0.188. The van der Waals surface area contributed by atoms with Crippen molar-refractivity contribution in [2.45, 2.75) is 12.8 Å². The molecule has 0 saturated carbocycles. The minimum atomic E-state index is -0.240. The van der Waals surface area contributed by atoms with E-state index in [0.29, 0.717) is 11.3 Å². The minimum Gasteiger partial charge on any atom is -0.339 e. The van der Waals surface area contributed by atoms with E-state index < -0.39 is 0 Å². The summed E-state index contributed by atoms with van der Waals surface area (Å²) in [7, 11) is 0. The standard InChI is InChI=1S/C23H22N4O2/c28-22(13-8-18-16-24-27(17-18)21-6-2-1-3-7-21)25-20-11-9-19(10-12-20)23(29)26-14-4-5-15-26/h1-3,6-13,16-17H,4-5,14-15H2,(H,25,28)/b13-8+. The molecule has 1 aromatic heterocycles. The molecule has 1 N–H and O–H groups in total. The smallest absolute Gasteiger partial charge is 0.253 e. The van der Waals surface area contributed by atoms with E-state index in [9.17, 15) is 9.59 Å². The highest BCUT2D eigenvalue weighted by Crippen LogP contribution is 2.16. The average molecular weight is 386 g/mol. The fourth-order valence-electron chi connectivity index (χ4n) is 3.30. The summed E-state index contributed by atoms with van der Waals surface area (Å²) in [5, 5.41) is 7.11. The topological polar surface area (TPSA) is 67.2 Å². The molecule has 1 saturated heterocycles. The molecule has 29 heavy (non-hydrogen) atoms. The molecule has 2 heterocycles. The molecular weight excluding hydrogens is 364 g/mol. The van der Waals surface area contributed by atoms with E-state index >= 15 is 0 Å². The Kier molecular flexibility index (Phi) is 5.52. The van der Waals surface area contributed by atoms with Gasteiger partial charge in [0.15, 0.2) is 0 Å². The molecule has 1 aliphatic rings. The fourth-order valence-corrected chi connectivity index (χ4v) is 3.30. The van der Waals surface area contributed by atoms with Crippen LogP contribution in [0.4, 0.5) is 5.69 Å². The first kappa shape index (κ1) is 18.7. The van der Waals surface area contributed by atoms with Crippen molar-refractivity contribution >= 4 is 23.6 Å². The number of hydrogen-bond acceptors (Lipinski definition) is 3. The van der Waals surface area contributed by atoms with Crippen molar-refractivity contribution in [2.75, 3.05) is 18.4 Å². The van der Waals surface area contributed by atoms with Gasteiger partial charge in [0.05, 0.1) is 11.9 Å². The highest BCUT2D eigenvalue weighted by atomic mass is 16.2. The van der Waals surface area contributed by atoms with Gasteiger partial charge in [-0.05, 0) is 55.3 Å². The van der Waals surface area contributed by atoms with Gasteiger partial charge in [-0.25, -0.2) is 4.68 Å². The van der Waals surface area contributed by atoms with Gasteiger partial charge >= 0.3 is 0 Å². The molecule has 0 radical (unpaired) electrons. The van der Waals surface area contributed by atoms with Crippen molar-refractivity contribution in [1.29, 1.82) is 0 Å². The highest BCUT2D eigenvalue weighted by Gasteiger charge is 2.19. The molecule has 146 valence electrons. The lowest BCUT2D eigenvalue weighted by atomic mass is 10.2. The van der Waals surface area contributed by atoms with Crippen molar-refractivity contribution < 1.29 is 9.59 Å². The lowest BCUT2D eigenvalue weighted by molar-refractivity contribution is -0.111. The summed E-state index contributed by atoms with van der Waals surface area (Å²) in [6.45, 7) is 1.64. The largest absolute Gasteiger partial charge is 0.339 e. The first-order valence-electron chi connectivity index (χ1n) is 9.67. The molecule has 0 unspecified atom stereocenters. The van der Waals surface area contributed by atoms with Crippen LogP contribution in [-0.4, -0.2) is 39.6 Å². The van der Waals surface area contributed by atoms with E-state index in [1.165, 1.54) is 6.08 Å². The Morgan fingerprint density at radius 1 is 0.966 bits per heavy atom. The molecule has 3 aromatic rings. The zero-order chi connectivity index (χ0) is 20.1. The van der Waals surface area contributed by atoms with E-state index in [0.717, 1.165) is 37.2 Å². The zero-order valence-electron chi connectivity index (χ0n) is 16.0.